The lowest BCUT2D eigenvalue weighted by molar-refractivity contribution is -0.136. The van der Waals surface area contributed by atoms with E-state index in [0.29, 0.717) is 17.9 Å². The molecule has 1 amide bonds. The van der Waals surface area contributed by atoms with Crippen molar-refractivity contribution in [1.82, 2.24) is 10.0 Å². The van der Waals surface area contributed by atoms with Crippen LogP contribution in [-0.2, 0) is 38.9 Å². The number of carbonyl (C=O) groups is 2. The van der Waals surface area contributed by atoms with Gasteiger partial charge in [0, 0.05) is 17.6 Å². The molecule has 154 valence electrons. The highest BCUT2D eigenvalue weighted by atomic mass is 35.5. The van der Waals surface area contributed by atoms with Crippen molar-refractivity contribution in [2.45, 2.75) is 36.6 Å². The standard InChI is InChI=1S/C20H21ClN2O5S/c21-15-4-6-17(7-5-15)29(27,28)23-16-10-13-2-1-3-14(18(13)12-16)11-19(24)22-9-8-20(25)26/h1-7,16,23H,8-12H2,(H,22,24)(H,25,26). The number of sulfonamides is 1. The second kappa shape index (κ2) is 8.94. The maximum absolute atomic E-state index is 12.6. The molecule has 3 N–H and O–H groups in total. The van der Waals surface area contributed by atoms with Gasteiger partial charge in [0.25, 0.3) is 0 Å². The van der Waals surface area contributed by atoms with Gasteiger partial charge in [-0.2, -0.15) is 0 Å². The van der Waals surface area contributed by atoms with E-state index < -0.39 is 16.0 Å². The van der Waals surface area contributed by atoms with E-state index in [1.54, 1.807) is 0 Å². The van der Waals surface area contributed by atoms with E-state index in [4.69, 9.17) is 16.7 Å². The number of hydrogen-bond donors (Lipinski definition) is 3. The molecule has 0 fully saturated rings. The number of aliphatic carboxylic acids is 1. The molecule has 0 aromatic heterocycles. The average Bonchev–Trinajstić information content (AvgIpc) is 3.04. The molecule has 0 heterocycles. The Bertz CT molecular complexity index is 1020. The third-order valence-electron chi connectivity index (χ3n) is 4.74. The first-order chi connectivity index (χ1) is 13.7. The van der Waals surface area contributed by atoms with Crippen LogP contribution in [0.5, 0.6) is 0 Å². The van der Waals surface area contributed by atoms with Crippen LogP contribution in [0.3, 0.4) is 0 Å². The summed E-state index contributed by atoms with van der Waals surface area (Å²) < 4.78 is 28.0. The smallest absolute Gasteiger partial charge is 0.305 e. The summed E-state index contributed by atoms with van der Waals surface area (Å²) in [5.74, 6) is -1.23. The first-order valence-electron chi connectivity index (χ1n) is 9.10. The summed E-state index contributed by atoms with van der Waals surface area (Å²) >= 11 is 5.82. The number of rotatable bonds is 8. The summed E-state index contributed by atoms with van der Waals surface area (Å²) in [6.07, 6.45) is 1.02. The Morgan fingerprint density at radius 3 is 2.52 bits per heavy atom. The quantitative estimate of drug-likeness (QED) is 0.585. The molecule has 2 aromatic carbocycles. The highest BCUT2D eigenvalue weighted by Gasteiger charge is 2.28. The molecule has 7 nitrogen and oxygen atoms in total. The lowest BCUT2D eigenvalue weighted by Gasteiger charge is -2.13. The summed E-state index contributed by atoms with van der Waals surface area (Å²) in [7, 11) is -3.68. The maximum Gasteiger partial charge on any atom is 0.305 e. The van der Waals surface area contributed by atoms with Crippen LogP contribution >= 0.6 is 11.6 Å². The van der Waals surface area contributed by atoms with E-state index in [1.165, 1.54) is 24.3 Å². The molecule has 3 rings (SSSR count). The van der Waals surface area contributed by atoms with Gasteiger partial charge in [-0.15, -0.1) is 0 Å². The second-order valence-corrected chi connectivity index (χ2v) is 9.06. The van der Waals surface area contributed by atoms with Crippen LogP contribution in [0, 0.1) is 0 Å². The van der Waals surface area contributed by atoms with Gasteiger partial charge in [-0.3, -0.25) is 9.59 Å². The number of halogens is 1. The highest BCUT2D eigenvalue weighted by Crippen LogP contribution is 2.27. The summed E-state index contributed by atoms with van der Waals surface area (Å²) in [4.78, 5) is 22.8. The van der Waals surface area contributed by atoms with Crippen molar-refractivity contribution in [3.8, 4) is 0 Å². The number of hydrogen-bond acceptors (Lipinski definition) is 4. The molecule has 1 aliphatic carbocycles. The van der Waals surface area contributed by atoms with Gasteiger partial charge in [0.2, 0.25) is 15.9 Å². The third-order valence-corrected chi connectivity index (χ3v) is 6.53. The van der Waals surface area contributed by atoms with Crippen molar-refractivity contribution in [2.75, 3.05) is 6.54 Å². The summed E-state index contributed by atoms with van der Waals surface area (Å²) in [5.41, 5.74) is 2.79. The zero-order valence-corrected chi connectivity index (χ0v) is 17.1. The fraction of sp³-hybridized carbons (Fsp3) is 0.300. The van der Waals surface area contributed by atoms with Crippen LogP contribution in [0.4, 0.5) is 0 Å². The third kappa shape index (κ3) is 5.56. The zero-order valence-electron chi connectivity index (χ0n) is 15.5. The van der Waals surface area contributed by atoms with Crippen LogP contribution in [0.25, 0.3) is 0 Å². The lowest BCUT2D eigenvalue weighted by Crippen LogP contribution is -2.35. The normalized spacial score (nSPS) is 15.7. The number of nitrogens with one attached hydrogen (secondary N) is 2. The molecular formula is C20H21ClN2O5S. The van der Waals surface area contributed by atoms with E-state index in [0.717, 1.165) is 16.7 Å². The molecule has 1 atom stereocenters. The summed E-state index contributed by atoms with van der Waals surface area (Å²) in [6.45, 7) is 0.0761. The molecule has 0 saturated carbocycles. The Balaban J connectivity index is 1.66. The predicted molar refractivity (Wildman–Crippen MR) is 108 cm³/mol. The molecule has 0 saturated heterocycles. The van der Waals surface area contributed by atoms with Crippen LogP contribution < -0.4 is 10.0 Å². The Kier molecular flexibility index (Phi) is 6.56. The number of fused-ring (bicyclic) bond motifs is 1. The largest absolute Gasteiger partial charge is 0.481 e. The Labute approximate surface area is 174 Å². The molecule has 0 radical (unpaired) electrons. The first-order valence-corrected chi connectivity index (χ1v) is 11.0. The van der Waals surface area contributed by atoms with Crippen LogP contribution in [0.15, 0.2) is 47.4 Å². The minimum absolute atomic E-state index is 0.0761. The summed E-state index contributed by atoms with van der Waals surface area (Å²) in [5, 5.41) is 11.7. The predicted octanol–water partition coefficient (Wildman–Crippen LogP) is 1.92. The van der Waals surface area contributed by atoms with Gasteiger partial charge < -0.3 is 10.4 Å². The molecule has 29 heavy (non-hydrogen) atoms. The fourth-order valence-corrected chi connectivity index (χ4v) is 4.78. The maximum atomic E-state index is 12.6. The van der Waals surface area contributed by atoms with Gasteiger partial charge in [0.05, 0.1) is 17.7 Å². The molecule has 0 aliphatic heterocycles. The molecule has 0 bridgehead atoms. The molecule has 2 aromatic rings. The van der Waals surface area contributed by atoms with E-state index in [-0.39, 0.29) is 36.2 Å². The molecule has 1 unspecified atom stereocenters. The Hall–Kier alpha value is -2.42. The van der Waals surface area contributed by atoms with E-state index >= 15 is 0 Å². The molecular weight excluding hydrogens is 416 g/mol. The fourth-order valence-electron chi connectivity index (χ4n) is 3.42. The Morgan fingerprint density at radius 2 is 1.83 bits per heavy atom. The van der Waals surface area contributed by atoms with E-state index in [9.17, 15) is 18.0 Å². The van der Waals surface area contributed by atoms with Gasteiger partial charge in [-0.25, -0.2) is 13.1 Å². The van der Waals surface area contributed by atoms with Crippen LogP contribution in [0.2, 0.25) is 5.02 Å². The topological polar surface area (TPSA) is 113 Å². The number of carboxylic acids is 1. The van der Waals surface area contributed by atoms with Gasteiger partial charge in [0.15, 0.2) is 0 Å². The minimum atomic E-state index is -3.68. The summed E-state index contributed by atoms with van der Waals surface area (Å²) in [6, 6.07) is 11.3. The number of carboxylic acid groups (broad SMARTS) is 1. The van der Waals surface area contributed by atoms with E-state index in [2.05, 4.69) is 10.0 Å². The average molecular weight is 437 g/mol. The van der Waals surface area contributed by atoms with Crippen molar-refractivity contribution < 1.29 is 23.1 Å². The first kappa shape index (κ1) is 21.3. The second-order valence-electron chi connectivity index (χ2n) is 6.91. The number of amides is 1. The lowest BCUT2D eigenvalue weighted by atomic mass is 10.0. The Morgan fingerprint density at radius 1 is 1.10 bits per heavy atom. The molecule has 1 aliphatic rings. The van der Waals surface area contributed by atoms with Crippen molar-refractivity contribution in [3.05, 3.63) is 64.2 Å². The zero-order chi connectivity index (χ0) is 21.0. The van der Waals surface area contributed by atoms with E-state index in [1.807, 2.05) is 18.2 Å². The minimum Gasteiger partial charge on any atom is -0.481 e. The highest BCUT2D eigenvalue weighted by molar-refractivity contribution is 7.89. The SMILES string of the molecule is O=C(O)CCNC(=O)Cc1cccc2c1CC(NS(=O)(=O)c1ccc(Cl)cc1)C2. The van der Waals surface area contributed by atoms with Gasteiger partial charge in [0.1, 0.15) is 0 Å². The van der Waals surface area contributed by atoms with Crippen molar-refractivity contribution >= 4 is 33.5 Å². The van der Waals surface area contributed by atoms with Gasteiger partial charge in [-0.05, 0) is 53.8 Å². The number of carbonyl (C=O) groups excluding carboxylic acids is 1. The monoisotopic (exact) mass is 436 g/mol. The van der Waals surface area contributed by atoms with Crippen molar-refractivity contribution in [3.63, 3.8) is 0 Å². The number of benzene rings is 2. The van der Waals surface area contributed by atoms with Crippen LogP contribution in [-0.4, -0.2) is 38.0 Å². The van der Waals surface area contributed by atoms with Crippen LogP contribution in [0.1, 0.15) is 23.1 Å². The van der Waals surface area contributed by atoms with Gasteiger partial charge in [-0.1, -0.05) is 29.8 Å². The van der Waals surface area contributed by atoms with Gasteiger partial charge >= 0.3 is 5.97 Å². The van der Waals surface area contributed by atoms with Crippen molar-refractivity contribution in [2.24, 2.45) is 0 Å². The van der Waals surface area contributed by atoms with Crippen molar-refractivity contribution in [1.29, 1.82) is 0 Å². The molecule has 0 spiro atoms. The molecule has 9 heteroatoms.